The van der Waals surface area contributed by atoms with Crippen molar-refractivity contribution in [2.45, 2.75) is 32.0 Å². The van der Waals surface area contributed by atoms with E-state index in [9.17, 15) is 22.8 Å². The van der Waals surface area contributed by atoms with Gasteiger partial charge in [0.15, 0.2) is 0 Å². The van der Waals surface area contributed by atoms with Crippen LogP contribution in [0.15, 0.2) is 42.5 Å². The Kier molecular flexibility index (Phi) is 7.70. The number of rotatable bonds is 5. The SMILES string of the molecule is O=C(NOI)c1ccc(CN(C(=O)N2CCCCC2)c2cccc(C(F)(F)F)n2)cc1. The molecule has 0 bridgehead atoms. The molecule has 31 heavy (non-hydrogen) atoms. The predicted molar refractivity (Wildman–Crippen MR) is 115 cm³/mol. The van der Waals surface area contributed by atoms with Gasteiger partial charge in [-0.2, -0.15) is 13.2 Å². The third kappa shape index (κ3) is 6.06. The molecule has 2 aromatic rings. The molecule has 11 heteroatoms. The Balaban J connectivity index is 1.89. The summed E-state index contributed by atoms with van der Waals surface area (Å²) in [4.78, 5) is 31.6. The normalized spacial score (nSPS) is 14.3. The highest BCUT2D eigenvalue weighted by Crippen LogP contribution is 2.29. The summed E-state index contributed by atoms with van der Waals surface area (Å²) in [5, 5.41) is 0. The van der Waals surface area contributed by atoms with Crippen LogP contribution < -0.4 is 10.4 Å². The lowest BCUT2D eigenvalue weighted by molar-refractivity contribution is -0.141. The lowest BCUT2D eigenvalue weighted by Crippen LogP contribution is -2.45. The second-order valence-electron chi connectivity index (χ2n) is 7.00. The van der Waals surface area contributed by atoms with E-state index in [1.807, 2.05) is 0 Å². The monoisotopic (exact) mass is 548 g/mol. The number of hydrogen-bond donors (Lipinski definition) is 1. The zero-order chi connectivity index (χ0) is 22.4. The van der Waals surface area contributed by atoms with E-state index in [2.05, 4.69) is 13.6 Å². The van der Waals surface area contributed by atoms with E-state index in [1.54, 1.807) is 29.2 Å². The molecule has 0 unspecified atom stereocenters. The first-order valence-corrected chi connectivity index (χ1v) is 10.5. The van der Waals surface area contributed by atoms with Gasteiger partial charge in [0, 0.05) is 18.7 Å². The van der Waals surface area contributed by atoms with E-state index >= 15 is 0 Å². The molecule has 1 aromatic carbocycles. The van der Waals surface area contributed by atoms with Gasteiger partial charge in [0.05, 0.1) is 6.54 Å². The minimum Gasteiger partial charge on any atom is -0.324 e. The molecular formula is C20H20F3IN4O3. The zero-order valence-corrected chi connectivity index (χ0v) is 18.5. The molecule has 1 saturated heterocycles. The Labute approximate surface area is 191 Å². The summed E-state index contributed by atoms with van der Waals surface area (Å²) in [6.07, 6.45) is -1.92. The van der Waals surface area contributed by atoms with Crippen molar-refractivity contribution < 1.29 is 25.9 Å². The molecule has 1 aliphatic heterocycles. The number of urea groups is 1. The molecule has 1 fully saturated rings. The highest BCUT2D eigenvalue weighted by Gasteiger charge is 2.34. The van der Waals surface area contributed by atoms with Gasteiger partial charge in [0.2, 0.25) is 0 Å². The Morgan fingerprint density at radius 2 is 1.77 bits per heavy atom. The molecule has 0 atom stereocenters. The number of pyridine rings is 1. The van der Waals surface area contributed by atoms with Crippen molar-refractivity contribution in [1.82, 2.24) is 15.4 Å². The summed E-state index contributed by atoms with van der Waals surface area (Å²) in [7, 11) is 0. The van der Waals surface area contributed by atoms with E-state index in [4.69, 9.17) is 0 Å². The molecular weight excluding hydrogens is 528 g/mol. The smallest absolute Gasteiger partial charge is 0.324 e. The molecule has 7 nitrogen and oxygen atoms in total. The van der Waals surface area contributed by atoms with Gasteiger partial charge >= 0.3 is 12.2 Å². The number of anilines is 1. The number of alkyl halides is 3. The predicted octanol–water partition coefficient (Wildman–Crippen LogP) is 4.72. The molecule has 0 saturated carbocycles. The van der Waals surface area contributed by atoms with Gasteiger partial charge in [-0.25, -0.2) is 18.4 Å². The molecule has 3 amide bonds. The van der Waals surface area contributed by atoms with Crippen LogP contribution in [0.5, 0.6) is 0 Å². The van der Waals surface area contributed by atoms with Crippen molar-refractivity contribution in [1.29, 1.82) is 0 Å². The van der Waals surface area contributed by atoms with E-state index < -0.39 is 23.8 Å². The van der Waals surface area contributed by atoms with Crippen molar-refractivity contribution >= 4 is 40.8 Å². The first-order valence-electron chi connectivity index (χ1n) is 9.57. The topological polar surface area (TPSA) is 74.8 Å². The fourth-order valence-electron chi connectivity index (χ4n) is 3.27. The number of likely N-dealkylation sites (tertiary alicyclic amines) is 1. The average molecular weight is 548 g/mol. The molecule has 0 radical (unpaired) electrons. The van der Waals surface area contributed by atoms with Crippen LogP contribution in [0.1, 0.15) is 40.9 Å². The summed E-state index contributed by atoms with van der Waals surface area (Å²) in [6, 6.07) is 9.45. The van der Waals surface area contributed by atoms with Crippen LogP contribution in [-0.2, 0) is 15.9 Å². The van der Waals surface area contributed by atoms with Gasteiger partial charge in [0.25, 0.3) is 5.91 Å². The second-order valence-corrected chi connectivity index (χ2v) is 7.44. The quantitative estimate of drug-likeness (QED) is 0.434. The van der Waals surface area contributed by atoms with E-state index in [-0.39, 0.29) is 12.4 Å². The zero-order valence-electron chi connectivity index (χ0n) is 16.4. The van der Waals surface area contributed by atoms with Gasteiger partial charge in [-0.05, 0) is 49.1 Å². The van der Waals surface area contributed by atoms with Gasteiger partial charge in [-0.15, -0.1) is 0 Å². The Hall–Kier alpha value is -2.41. The number of hydrogen-bond acceptors (Lipinski definition) is 4. The number of amides is 3. The first-order chi connectivity index (χ1) is 14.8. The number of carbonyl (C=O) groups excluding carboxylic acids is 2. The molecule has 1 aromatic heterocycles. The lowest BCUT2D eigenvalue weighted by Gasteiger charge is -2.32. The maximum Gasteiger partial charge on any atom is 0.433 e. The Morgan fingerprint density at radius 3 is 2.39 bits per heavy atom. The Morgan fingerprint density at radius 1 is 1.10 bits per heavy atom. The minimum absolute atomic E-state index is 0.00826. The Bertz CT molecular complexity index is 919. The number of benzene rings is 1. The number of halogens is 4. The van der Waals surface area contributed by atoms with Crippen LogP contribution in [0, 0.1) is 0 Å². The van der Waals surface area contributed by atoms with Crippen molar-refractivity contribution in [2.24, 2.45) is 0 Å². The van der Waals surface area contributed by atoms with Crippen LogP contribution in [0.4, 0.5) is 23.8 Å². The van der Waals surface area contributed by atoms with E-state index in [0.717, 1.165) is 25.3 Å². The molecule has 0 aliphatic carbocycles. The largest absolute Gasteiger partial charge is 0.433 e. The van der Waals surface area contributed by atoms with Crippen molar-refractivity contribution in [2.75, 3.05) is 18.0 Å². The van der Waals surface area contributed by atoms with Crippen LogP contribution >= 0.6 is 23.0 Å². The first kappa shape index (κ1) is 23.3. The highest BCUT2D eigenvalue weighted by molar-refractivity contribution is 14.1. The third-order valence-electron chi connectivity index (χ3n) is 4.85. The van der Waals surface area contributed by atoms with Crippen molar-refractivity contribution in [3.05, 3.63) is 59.3 Å². The number of aromatic nitrogens is 1. The molecule has 0 spiro atoms. The highest BCUT2D eigenvalue weighted by atomic mass is 127. The number of piperidine rings is 1. The lowest BCUT2D eigenvalue weighted by atomic mass is 10.1. The molecule has 166 valence electrons. The van der Waals surface area contributed by atoms with Gasteiger partial charge in [0.1, 0.15) is 34.5 Å². The van der Waals surface area contributed by atoms with Crippen LogP contribution in [0.2, 0.25) is 0 Å². The summed E-state index contributed by atoms with van der Waals surface area (Å²) in [5.41, 5.74) is 2.10. The summed E-state index contributed by atoms with van der Waals surface area (Å²) in [6.45, 7) is 1.10. The van der Waals surface area contributed by atoms with Gasteiger partial charge in [-0.3, -0.25) is 9.69 Å². The fraction of sp³-hybridized carbons (Fsp3) is 0.350. The van der Waals surface area contributed by atoms with Crippen LogP contribution in [0.25, 0.3) is 0 Å². The second kappa shape index (κ2) is 10.3. The van der Waals surface area contributed by atoms with E-state index in [0.29, 0.717) is 24.2 Å². The molecule has 3 rings (SSSR count). The third-order valence-corrected chi connectivity index (χ3v) is 5.07. The van der Waals surface area contributed by atoms with Crippen LogP contribution in [0.3, 0.4) is 0 Å². The number of nitrogens with one attached hydrogen (secondary N) is 1. The fourth-order valence-corrected chi connectivity index (χ4v) is 3.47. The number of carbonyl (C=O) groups is 2. The van der Waals surface area contributed by atoms with Gasteiger partial charge < -0.3 is 4.90 Å². The maximum atomic E-state index is 13.2. The summed E-state index contributed by atoms with van der Waals surface area (Å²) in [5.74, 6) is -0.521. The summed E-state index contributed by atoms with van der Waals surface area (Å²) >= 11 is 1.53. The molecule has 2 heterocycles. The minimum atomic E-state index is -4.62. The molecule has 1 aliphatic rings. The average Bonchev–Trinajstić information content (AvgIpc) is 2.77. The van der Waals surface area contributed by atoms with Crippen LogP contribution in [-0.4, -0.2) is 34.9 Å². The summed E-state index contributed by atoms with van der Waals surface area (Å²) < 4.78 is 44.1. The molecule has 1 N–H and O–H groups in total. The van der Waals surface area contributed by atoms with E-state index in [1.165, 1.54) is 40.0 Å². The van der Waals surface area contributed by atoms with Crippen molar-refractivity contribution in [3.8, 4) is 0 Å². The number of nitrogens with zero attached hydrogens (tertiary/aromatic N) is 3. The number of hydroxylamine groups is 1. The van der Waals surface area contributed by atoms with Crippen molar-refractivity contribution in [3.63, 3.8) is 0 Å². The maximum absolute atomic E-state index is 13.2. The standard InChI is InChI=1S/C20H20F3IN4O3/c21-20(22,23)16-5-4-6-17(25-16)28(19(30)27-11-2-1-3-12-27)13-14-7-9-15(10-8-14)18(29)26-31-24/h4-10H,1-3,11-13H2,(H,26,29). The van der Waals surface area contributed by atoms with Gasteiger partial charge in [-0.1, -0.05) is 18.2 Å².